The molecule has 0 radical (unpaired) electrons. The molecule has 1 aliphatic heterocycles. The van der Waals surface area contributed by atoms with E-state index in [-0.39, 0.29) is 12.2 Å². The van der Waals surface area contributed by atoms with Crippen LogP contribution >= 0.6 is 0 Å². The number of aldehydes is 1. The van der Waals surface area contributed by atoms with Gasteiger partial charge in [-0.1, -0.05) is 20.8 Å². The Bertz CT molecular complexity index is 446. The molecule has 2 rings (SSSR count). The molecular formula is C14H18O4. The van der Waals surface area contributed by atoms with Gasteiger partial charge in [-0.3, -0.25) is 4.79 Å². The summed E-state index contributed by atoms with van der Waals surface area (Å²) < 4.78 is 16.1. The van der Waals surface area contributed by atoms with Gasteiger partial charge in [-0.25, -0.2) is 0 Å². The quantitative estimate of drug-likeness (QED) is 0.770. The van der Waals surface area contributed by atoms with Crippen molar-refractivity contribution < 1.29 is 19.0 Å². The maximum absolute atomic E-state index is 11.0. The van der Waals surface area contributed by atoms with Crippen molar-refractivity contribution >= 4 is 6.29 Å². The highest BCUT2D eigenvalue weighted by Gasteiger charge is 2.18. The lowest BCUT2D eigenvalue weighted by Crippen LogP contribution is -2.11. The number of benzene rings is 1. The van der Waals surface area contributed by atoms with Crippen LogP contribution in [0.2, 0.25) is 0 Å². The van der Waals surface area contributed by atoms with Crippen LogP contribution in [0.5, 0.6) is 17.2 Å². The Hall–Kier alpha value is -1.71. The summed E-state index contributed by atoms with van der Waals surface area (Å²) in [6, 6.07) is 3.37. The van der Waals surface area contributed by atoms with Crippen LogP contribution in [0.25, 0.3) is 0 Å². The average molecular weight is 250 g/mol. The van der Waals surface area contributed by atoms with E-state index in [4.69, 9.17) is 14.2 Å². The molecule has 0 saturated carbocycles. The van der Waals surface area contributed by atoms with Crippen molar-refractivity contribution in [3.8, 4) is 17.2 Å². The predicted octanol–water partition coefficient (Wildman–Crippen LogP) is 3.04. The van der Waals surface area contributed by atoms with E-state index in [1.807, 2.05) is 0 Å². The van der Waals surface area contributed by atoms with Crippen LogP contribution in [0.3, 0.4) is 0 Å². The maximum atomic E-state index is 11.0. The molecule has 0 spiro atoms. The van der Waals surface area contributed by atoms with Gasteiger partial charge in [0.1, 0.15) is 5.75 Å². The van der Waals surface area contributed by atoms with Crippen LogP contribution in [-0.2, 0) is 0 Å². The van der Waals surface area contributed by atoms with Gasteiger partial charge >= 0.3 is 0 Å². The molecule has 4 nitrogen and oxygen atoms in total. The van der Waals surface area contributed by atoms with E-state index in [2.05, 4.69) is 20.8 Å². The first-order chi connectivity index (χ1) is 8.49. The lowest BCUT2D eigenvalue weighted by Gasteiger charge is -2.18. The molecule has 0 saturated heterocycles. The zero-order chi connectivity index (χ0) is 13.2. The van der Waals surface area contributed by atoms with E-state index >= 15 is 0 Å². The predicted molar refractivity (Wildman–Crippen MR) is 67.5 cm³/mol. The SMILES string of the molecule is CC(C)(C)CCOc1cc2c(cc1C=O)OCO2. The molecule has 1 aromatic carbocycles. The monoisotopic (exact) mass is 250 g/mol. The van der Waals surface area contributed by atoms with Crippen LogP contribution in [0, 0.1) is 5.41 Å². The standard InChI is InChI=1S/C14H18O4/c1-14(2,3)4-5-16-11-7-13-12(17-9-18-13)6-10(11)8-15/h6-8H,4-5,9H2,1-3H3. The molecule has 0 aliphatic carbocycles. The largest absolute Gasteiger partial charge is 0.493 e. The molecule has 18 heavy (non-hydrogen) atoms. The summed E-state index contributed by atoms with van der Waals surface area (Å²) in [5, 5.41) is 0. The topological polar surface area (TPSA) is 44.8 Å². The van der Waals surface area contributed by atoms with E-state index in [1.165, 1.54) is 0 Å². The molecule has 4 heteroatoms. The molecule has 1 aliphatic rings. The highest BCUT2D eigenvalue weighted by atomic mass is 16.7. The summed E-state index contributed by atoms with van der Waals surface area (Å²) in [6.07, 6.45) is 1.69. The van der Waals surface area contributed by atoms with Crippen LogP contribution in [0.1, 0.15) is 37.6 Å². The van der Waals surface area contributed by atoms with E-state index < -0.39 is 0 Å². The van der Waals surface area contributed by atoms with Crippen LogP contribution in [-0.4, -0.2) is 19.7 Å². The molecule has 0 bridgehead atoms. The van der Waals surface area contributed by atoms with Gasteiger partial charge in [-0.15, -0.1) is 0 Å². The molecule has 0 amide bonds. The average Bonchev–Trinajstić information content (AvgIpc) is 2.73. The molecule has 1 aromatic rings. The normalized spacial score (nSPS) is 13.5. The van der Waals surface area contributed by atoms with Crippen molar-refractivity contribution in [1.29, 1.82) is 0 Å². The number of hydrogen-bond donors (Lipinski definition) is 0. The van der Waals surface area contributed by atoms with Crippen LogP contribution in [0.15, 0.2) is 12.1 Å². The minimum Gasteiger partial charge on any atom is -0.493 e. The van der Waals surface area contributed by atoms with Crippen molar-refractivity contribution in [2.24, 2.45) is 5.41 Å². The highest BCUT2D eigenvalue weighted by Crippen LogP contribution is 2.37. The van der Waals surface area contributed by atoms with Crippen molar-refractivity contribution in [1.82, 2.24) is 0 Å². The summed E-state index contributed by atoms with van der Waals surface area (Å²) >= 11 is 0. The van der Waals surface area contributed by atoms with Gasteiger partial charge in [0, 0.05) is 6.07 Å². The number of hydrogen-bond acceptors (Lipinski definition) is 4. The van der Waals surface area contributed by atoms with Gasteiger partial charge < -0.3 is 14.2 Å². The summed E-state index contributed by atoms with van der Waals surface area (Å²) in [5.41, 5.74) is 0.700. The minimum absolute atomic E-state index is 0.194. The second kappa shape index (κ2) is 4.88. The Morgan fingerprint density at radius 3 is 2.56 bits per heavy atom. The second-order valence-electron chi connectivity index (χ2n) is 5.52. The zero-order valence-electron chi connectivity index (χ0n) is 11.0. The van der Waals surface area contributed by atoms with Gasteiger partial charge in [0.15, 0.2) is 17.8 Å². The Balaban J connectivity index is 2.10. The third-order valence-electron chi connectivity index (χ3n) is 2.74. The fourth-order valence-electron chi connectivity index (χ4n) is 1.62. The van der Waals surface area contributed by atoms with E-state index in [0.29, 0.717) is 29.4 Å². The third-order valence-corrected chi connectivity index (χ3v) is 2.74. The fraction of sp³-hybridized carbons (Fsp3) is 0.500. The molecule has 0 fully saturated rings. The molecule has 0 atom stereocenters. The lowest BCUT2D eigenvalue weighted by atomic mass is 9.93. The van der Waals surface area contributed by atoms with Gasteiger partial charge in [0.05, 0.1) is 12.2 Å². The third kappa shape index (κ3) is 2.94. The van der Waals surface area contributed by atoms with Gasteiger partial charge in [0.2, 0.25) is 6.79 Å². The summed E-state index contributed by atoms with van der Waals surface area (Å²) in [5.74, 6) is 1.78. The second-order valence-corrected chi connectivity index (χ2v) is 5.52. The Kier molecular flexibility index (Phi) is 3.45. The highest BCUT2D eigenvalue weighted by molar-refractivity contribution is 5.81. The molecular weight excluding hydrogens is 232 g/mol. The van der Waals surface area contributed by atoms with Crippen molar-refractivity contribution in [2.75, 3.05) is 13.4 Å². The number of carbonyl (C=O) groups is 1. The summed E-state index contributed by atoms with van der Waals surface area (Å²) in [6.45, 7) is 7.22. The van der Waals surface area contributed by atoms with Gasteiger partial charge in [0.25, 0.3) is 0 Å². The number of rotatable bonds is 4. The number of fused-ring (bicyclic) bond motifs is 1. The maximum Gasteiger partial charge on any atom is 0.231 e. The summed E-state index contributed by atoms with van der Waals surface area (Å²) in [4.78, 5) is 11.0. The number of ether oxygens (including phenoxy) is 3. The van der Waals surface area contributed by atoms with E-state index in [9.17, 15) is 4.79 Å². The molecule has 1 heterocycles. The summed E-state index contributed by atoms with van der Waals surface area (Å²) in [7, 11) is 0. The first-order valence-corrected chi connectivity index (χ1v) is 6.01. The first kappa shape index (κ1) is 12.7. The Labute approximate surface area is 107 Å². The van der Waals surface area contributed by atoms with Crippen LogP contribution < -0.4 is 14.2 Å². The van der Waals surface area contributed by atoms with Crippen molar-refractivity contribution in [3.63, 3.8) is 0 Å². The number of carbonyl (C=O) groups excluding carboxylic acids is 1. The van der Waals surface area contributed by atoms with Crippen molar-refractivity contribution in [2.45, 2.75) is 27.2 Å². The zero-order valence-corrected chi connectivity index (χ0v) is 11.0. The molecule has 0 unspecified atom stereocenters. The molecule has 98 valence electrons. The van der Waals surface area contributed by atoms with Gasteiger partial charge in [-0.2, -0.15) is 0 Å². The fourth-order valence-corrected chi connectivity index (χ4v) is 1.62. The van der Waals surface area contributed by atoms with Crippen molar-refractivity contribution in [3.05, 3.63) is 17.7 Å². The van der Waals surface area contributed by atoms with E-state index in [1.54, 1.807) is 12.1 Å². The Morgan fingerprint density at radius 2 is 1.94 bits per heavy atom. The molecule has 0 N–H and O–H groups in total. The first-order valence-electron chi connectivity index (χ1n) is 6.01. The molecule has 0 aromatic heterocycles. The Morgan fingerprint density at radius 1 is 1.28 bits per heavy atom. The smallest absolute Gasteiger partial charge is 0.231 e. The minimum atomic E-state index is 0.194. The lowest BCUT2D eigenvalue weighted by molar-refractivity contribution is 0.111. The van der Waals surface area contributed by atoms with E-state index in [0.717, 1.165) is 12.7 Å². The van der Waals surface area contributed by atoms with Gasteiger partial charge in [-0.05, 0) is 17.9 Å². The van der Waals surface area contributed by atoms with Crippen LogP contribution in [0.4, 0.5) is 0 Å².